The predicted molar refractivity (Wildman–Crippen MR) is 86.3 cm³/mol. The highest BCUT2D eigenvalue weighted by Gasteiger charge is 2.17. The molecule has 0 saturated heterocycles. The van der Waals surface area contributed by atoms with Crippen LogP contribution in [0.4, 0.5) is 5.69 Å². The molecule has 23 heavy (non-hydrogen) atoms. The Balaban J connectivity index is 2.94. The lowest BCUT2D eigenvalue weighted by atomic mass is 10.1. The molecule has 0 heterocycles. The highest BCUT2D eigenvalue weighted by Crippen LogP contribution is 2.18. The summed E-state index contributed by atoms with van der Waals surface area (Å²) in [5.41, 5.74) is 0.548. The number of hydrogen-bond donors (Lipinski definition) is 2. The zero-order valence-corrected chi connectivity index (χ0v) is 13.5. The summed E-state index contributed by atoms with van der Waals surface area (Å²) in [6.45, 7) is 5.07. The molecule has 6 heteroatoms. The maximum Gasteiger partial charge on any atom is 0.340 e. The summed E-state index contributed by atoms with van der Waals surface area (Å²) in [4.78, 5) is 35.1. The number of hydrogen-bond acceptors (Lipinski definition) is 4. The summed E-state index contributed by atoms with van der Waals surface area (Å²) in [7, 11) is 0. The molecular formula is C17H21NO5. The molecule has 0 unspecified atom stereocenters. The van der Waals surface area contributed by atoms with Gasteiger partial charge >= 0.3 is 11.9 Å². The number of benzene rings is 1. The third kappa shape index (κ3) is 5.25. The lowest BCUT2D eigenvalue weighted by Gasteiger charge is -2.11. The van der Waals surface area contributed by atoms with Crippen LogP contribution in [0.25, 0.3) is 0 Å². The van der Waals surface area contributed by atoms with Crippen molar-refractivity contribution in [2.75, 3.05) is 11.9 Å². The van der Waals surface area contributed by atoms with E-state index < -0.39 is 17.8 Å². The number of esters is 1. The first kappa shape index (κ1) is 18.4. The van der Waals surface area contributed by atoms with Gasteiger partial charge in [-0.25, -0.2) is 9.59 Å². The zero-order chi connectivity index (χ0) is 17.4. The van der Waals surface area contributed by atoms with Crippen LogP contribution in [-0.4, -0.2) is 29.6 Å². The molecule has 0 bridgehead atoms. The maximum atomic E-state index is 12.1. The lowest BCUT2D eigenvalue weighted by molar-refractivity contribution is -0.133. The van der Waals surface area contributed by atoms with E-state index in [1.54, 1.807) is 24.3 Å². The van der Waals surface area contributed by atoms with Gasteiger partial charge in [-0.1, -0.05) is 25.5 Å². The Labute approximate surface area is 135 Å². The molecule has 1 aromatic carbocycles. The minimum atomic E-state index is -1.16. The van der Waals surface area contributed by atoms with Crippen molar-refractivity contribution in [2.24, 2.45) is 0 Å². The summed E-state index contributed by atoms with van der Waals surface area (Å²) >= 11 is 0. The normalized spacial score (nSPS) is 11.4. The quantitative estimate of drug-likeness (QED) is 0.458. The molecule has 0 saturated carbocycles. The fourth-order valence-corrected chi connectivity index (χ4v) is 1.70. The van der Waals surface area contributed by atoms with Gasteiger partial charge in [0.25, 0.3) is 5.91 Å². The van der Waals surface area contributed by atoms with Crippen LogP contribution in [0.2, 0.25) is 0 Å². The van der Waals surface area contributed by atoms with Crippen molar-refractivity contribution < 1.29 is 24.2 Å². The highest BCUT2D eigenvalue weighted by molar-refractivity contribution is 6.10. The molecular weight excluding hydrogens is 298 g/mol. The van der Waals surface area contributed by atoms with E-state index in [9.17, 15) is 14.4 Å². The number of amides is 1. The molecule has 1 rings (SSSR count). The SMILES string of the molecule is CCCCOC(=O)c1ccccc1NC(=O)/C(C)=C(/C)C(=O)O. The first-order valence-corrected chi connectivity index (χ1v) is 7.36. The largest absolute Gasteiger partial charge is 0.478 e. The van der Waals surface area contributed by atoms with Gasteiger partial charge in [0.05, 0.1) is 17.9 Å². The van der Waals surface area contributed by atoms with Crippen molar-refractivity contribution in [1.82, 2.24) is 0 Å². The van der Waals surface area contributed by atoms with Crippen LogP contribution < -0.4 is 5.32 Å². The van der Waals surface area contributed by atoms with E-state index in [-0.39, 0.29) is 22.4 Å². The molecule has 0 aliphatic heterocycles. The number of carboxylic acid groups (broad SMARTS) is 1. The molecule has 124 valence electrons. The van der Waals surface area contributed by atoms with Gasteiger partial charge in [-0.3, -0.25) is 4.79 Å². The molecule has 0 aromatic heterocycles. The van der Waals surface area contributed by atoms with Crippen molar-refractivity contribution in [1.29, 1.82) is 0 Å². The highest BCUT2D eigenvalue weighted by atomic mass is 16.5. The van der Waals surface area contributed by atoms with Crippen molar-refractivity contribution in [3.63, 3.8) is 0 Å². The Morgan fingerprint density at radius 1 is 1.13 bits per heavy atom. The Hall–Kier alpha value is -2.63. The van der Waals surface area contributed by atoms with Crippen LogP contribution in [0, 0.1) is 0 Å². The van der Waals surface area contributed by atoms with E-state index in [1.807, 2.05) is 6.92 Å². The van der Waals surface area contributed by atoms with Gasteiger partial charge in [0, 0.05) is 11.1 Å². The fourth-order valence-electron chi connectivity index (χ4n) is 1.70. The molecule has 0 aliphatic carbocycles. The number of aliphatic carboxylic acids is 1. The second kappa shape index (κ2) is 8.73. The van der Waals surface area contributed by atoms with Crippen LogP contribution in [0.15, 0.2) is 35.4 Å². The summed E-state index contributed by atoms with van der Waals surface area (Å²) < 4.78 is 5.14. The summed E-state index contributed by atoms with van der Waals surface area (Å²) in [6, 6.07) is 6.45. The smallest absolute Gasteiger partial charge is 0.340 e. The number of rotatable bonds is 7. The van der Waals surface area contributed by atoms with Crippen molar-refractivity contribution in [3.05, 3.63) is 41.0 Å². The first-order chi connectivity index (χ1) is 10.9. The Bertz CT molecular complexity index is 634. The molecule has 0 aliphatic rings. The number of anilines is 1. The van der Waals surface area contributed by atoms with Gasteiger partial charge in [-0.2, -0.15) is 0 Å². The molecule has 1 amide bonds. The van der Waals surface area contributed by atoms with E-state index in [1.165, 1.54) is 13.8 Å². The monoisotopic (exact) mass is 319 g/mol. The van der Waals surface area contributed by atoms with Gasteiger partial charge < -0.3 is 15.2 Å². The van der Waals surface area contributed by atoms with Crippen LogP contribution in [0.3, 0.4) is 0 Å². The van der Waals surface area contributed by atoms with Crippen molar-refractivity contribution in [2.45, 2.75) is 33.6 Å². The minimum Gasteiger partial charge on any atom is -0.478 e. The van der Waals surface area contributed by atoms with Gasteiger partial charge in [0.15, 0.2) is 0 Å². The first-order valence-electron chi connectivity index (χ1n) is 7.36. The van der Waals surface area contributed by atoms with Gasteiger partial charge in [-0.15, -0.1) is 0 Å². The number of unbranched alkanes of at least 4 members (excludes halogenated alkanes) is 1. The van der Waals surface area contributed by atoms with Gasteiger partial charge in [0.1, 0.15) is 0 Å². The van der Waals surface area contributed by atoms with E-state index >= 15 is 0 Å². The minimum absolute atomic E-state index is 0.0505. The van der Waals surface area contributed by atoms with Crippen molar-refractivity contribution >= 4 is 23.5 Å². The average Bonchev–Trinajstić information content (AvgIpc) is 2.53. The number of carbonyl (C=O) groups excluding carboxylic acids is 2. The Morgan fingerprint density at radius 3 is 2.39 bits per heavy atom. The Morgan fingerprint density at radius 2 is 1.78 bits per heavy atom. The van der Waals surface area contributed by atoms with E-state index in [4.69, 9.17) is 9.84 Å². The number of nitrogens with one attached hydrogen (secondary N) is 1. The third-order valence-electron chi connectivity index (χ3n) is 3.35. The average molecular weight is 319 g/mol. The molecule has 0 fully saturated rings. The summed E-state index contributed by atoms with van der Waals surface area (Å²) in [5, 5.41) is 11.5. The third-order valence-corrected chi connectivity index (χ3v) is 3.35. The van der Waals surface area contributed by atoms with Crippen LogP contribution in [0.1, 0.15) is 44.0 Å². The second-order valence-electron chi connectivity index (χ2n) is 5.04. The molecule has 6 nitrogen and oxygen atoms in total. The number of carbonyl (C=O) groups is 3. The second-order valence-corrected chi connectivity index (χ2v) is 5.04. The summed E-state index contributed by atoms with van der Waals surface area (Å²) in [5.74, 6) is -2.26. The van der Waals surface area contributed by atoms with Gasteiger partial charge in [-0.05, 0) is 32.4 Å². The van der Waals surface area contributed by atoms with E-state index in [0.717, 1.165) is 12.8 Å². The maximum absolute atomic E-state index is 12.1. The van der Waals surface area contributed by atoms with Crippen LogP contribution >= 0.6 is 0 Å². The summed E-state index contributed by atoms with van der Waals surface area (Å²) in [6.07, 6.45) is 1.67. The fraction of sp³-hybridized carbons (Fsp3) is 0.353. The Kier molecular flexibility index (Phi) is 6.99. The zero-order valence-electron chi connectivity index (χ0n) is 13.5. The molecule has 2 N–H and O–H groups in total. The molecule has 0 radical (unpaired) electrons. The molecule has 0 atom stereocenters. The number of para-hydroxylation sites is 1. The standard InChI is InChI=1S/C17H21NO5/c1-4-5-10-23-17(22)13-8-6-7-9-14(13)18-15(19)11(2)12(3)16(20)21/h6-9H,4-5,10H2,1-3H3,(H,18,19)(H,20,21)/b12-11-. The predicted octanol–water partition coefficient (Wildman–Crippen LogP) is 3.00. The number of carboxylic acids is 1. The van der Waals surface area contributed by atoms with Crippen LogP contribution in [-0.2, 0) is 14.3 Å². The molecule has 0 spiro atoms. The lowest BCUT2D eigenvalue weighted by Crippen LogP contribution is -2.18. The van der Waals surface area contributed by atoms with E-state index in [0.29, 0.717) is 6.61 Å². The van der Waals surface area contributed by atoms with Gasteiger partial charge in [0.2, 0.25) is 0 Å². The number of ether oxygens (including phenoxy) is 1. The topological polar surface area (TPSA) is 92.7 Å². The van der Waals surface area contributed by atoms with Crippen LogP contribution in [0.5, 0.6) is 0 Å². The van der Waals surface area contributed by atoms with E-state index in [2.05, 4.69) is 5.32 Å². The van der Waals surface area contributed by atoms with Crippen molar-refractivity contribution in [3.8, 4) is 0 Å². The molecule has 1 aromatic rings.